The molecule has 2 amide bonds. The van der Waals surface area contributed by atoms with Crippen molar-refractivity contribution in [2.75, 3.05) is 6.54 Å². The molecule has 1 fully saturated rings. The number of rotatable bonds is 4. The van der Waals surface area contributed by atoms with Gasteiger partial charge in [0, 0.05) is 6.54 Å². The maximum absolute atomic E-state index is 12.1. The van der Waals surface area contributed by atoms with Crippen LogP contribution in [0, 0.1) is 11.3 Å². The van der Waals surface area contributed by atoms with Crippen molar-refractivity contribution < 1.29 is 14.0 Å². The summed E-state index contributed by atoms with van der Waals surface area (Å²) in [6.45, 7) is 4.21. The Morgan fingerprint density at radius 2 is 2.38 bits per heavy atom. The summed E-state index contributed by atoms with van der Waals surface area (Å²) in [6, 6.07) is 5.35. The average Bonchev–Trinajstić information content (AvgIpc) is 3.07. The smallest absolute Gasteiger partial charge is 0.265 e. The van der Waals surface area contributed by atoms with Gasteiger partial charge in [-0.15, -0.1) is 0 Å². The monoisotopic (exact) mass is 305 g/mol. The van der Waals surface area contributed by atoms with E-state index in [9.17, 15) is 14.9 Å². The van der Waals surface area contributed by atoms with Gasteiger partial charge in [0.1, 0.15) is 22.4 Å². The maximum atomic E-state index is 12.1. The lowest BCUT2D eigenvalue weighted by Crippen LogP contribution is -2.30. The van der Waals surface area contributed by atoms with E-state index < -0.39 is 5.91 Å². The summed E-state index contributed by atoms with van der Waals surface area (Å²) in [4.78, 5) is 25.6. The minimum absolute atomic E-state index is 0.0360. The lowest BCUT2D eigenvalue weighted by atomic mass is 10.2. The first-order valence-corrected chi connectivity index (χ1v) is 7.39. The number of nitrogens with one attached hydrogen (secondary N) is 1. The highest BCUT2D eigenvalue weighted by Crippen LogP contribution is 2.36. The first-order chi connectivity index (χ1) is 10.1. The van der Waals surface area contributed by atoms with Gasteiger partial charge in [0.15, 0.2) is 0 Å². The Balaban J connectivity index is 2.18. The van der Waals surface area contributed by atoms with Gasteiger partial charge in [-0.2, -0.15) is 5.26 Å². The molecule has 21 heavy (non-hydrogen) atoms. The Bertz CT molecular complexity index is 616. The second-order valence-electron chi connectivity index (χ2n) is 4.40. The van der Waals surface area contributed by atoms with Crippen molar-refractivity contribution in [1.82, 2.24) is 10.2 Å². The van der Waals surface area contributed by atoms with E-state index in [1.807, 2.05) is 13.0 Å². The molecular formula is C14H15N3O3S. The van der Waals surface area contributed by atoms with Crippen molar-refractivity contribution in [2.24, 2.45) is 0 Å². The lowest BCUT2D eigenvalue weighted by molar-refractivity contribution is -0.127. The topological polar surface area (TPSA) is 86.3 Å². The third-order valence-corrected chi connectivity index (χ3v) is 4.22. The molecule has 1 aliphatic rings. The maximum Gasteiger partial charge on any atom is 0.265 e. The highest BCUT2D eigenvalue weighted by atomic mass is 32.2. The summed E-state index contributed by atoms with van der Waals surface area (Å²) < 4.78 is 5.12. The fourth-order valence-corrected chi connectivity index (χ4v) is 3.12. The number of amides is 2. The largest absolute Gasteiger partial charge is 0.467 e. The highest BCUT2D eigenvalue weighted by Gasteiger charge is 2.36. The fourth-order valence-electron chi connectivity index (χ4n) is 1.96. The molecule has 0 radical (unpaired) electrons. The molecule has 1 unspecified atom stereocenters. The van der Waals surface area contributed by atoms with Crippen LogP contribution in [0.1, 0.15) is 19.6 Å². The average molecular weight is 305 g/mol. The van der Waals surface area contributed by atoms with Gasteiger partial charge in [-0.25, -0.2) is 0 Å². The summed E-state index contributed by atoms with van der Waals surface area (Å²) >= 11 is 1.24. The van der Waals surface area contributed by atoms with Gasteiger partial charge in [0.2, 0.25) is 5.91 Å². The van der Waals surface area contributed by atoms with E-state index in [0.717, 1.165) is 0 Å². The molecule has 1 aromatic rings. The zero-order valence-electron chi connectivity index (χ0n) is 11.8. The minimum Gasteiger partial charge on any atom is -0.467 e. The number of carbonyl (C=O) groups excluding carboxylic acids is 2. The van der Waals surface area contributed by atoms with Gasteiger partial charge in [-0.1, -0.05) is 11.8 Å². The Kier molecular flexibility index (Phi) is 4.70. The quantitative estimate of drug-likeness (QED) is 0.674. The summed E-state index contributed by atoms with van der Waals surface area (Å²) in [5.41, 5.74) is -0.0360. The van der Waals surface area contributed by atoms with Crippen molar-refractivity contribution in [3.05, 3.63) is 34.8 Å². The van der Waals surface area contributed by atoms with Crippen molar-refractivity contribution in [3.63, 3.8) is 0 Å². The molecule has 6 nitrogen and oxygen atoms in total. The van der Waals surface area contributed by atoms with Crippen LogP contribution in [0.25, 0.3) is 0 Å². The minimum atomic E-state index is -0.503. The van der Waals surface area contributed by atoms with Gasteiger partial charge in [-0.05, 0) is 26.0 Å². The van der Waals surface area contributed by atoms with E-state index in [1.165, 1.54) is 22.9 Å². The van der Waals surface area contributed by atoms with Crippen molar-refractivity contribution in [3.8, 4) is 6.07 Å². The molecular weight excluding hydrogens is 290 g/mol. The Labute approximate surface area is 126 Å². The number of hydrogen-bond acceptors (Lipinski definition) is 5. The van der Waals surface area contributed by atoms with Crippen LogP contribution in [0.3, 0.4) is 0 Å². The standard InChI is InChI=1S/C14H15N3O3S/c1-3-17-13(19)9(2)21-14(17)11(7-15)12(18)16-8-10-5-4-6-20-10/h4-6,9H,3,8H2,1-2H3,(H,16,18). The number of nitrogens with zero attached hydrogens (tertiary/aromatic N) is 2. The predicted molar refractivity (Wildman–Crippen MR) is 77.6 cm³/mol. The fraction of sp³-hybridized carbons (Fsp3) is 0.357. The molecule has 0 spiro atoms. The number of nitriles is 1. The molecule has 1 aliphatic heterocycles. The van der Waals surface area contributed by atoms with E-state index in [0.29, 0.717) is 17.3 Å². The lowest BCUT2D eigenvalue weighted by Gasteiger charge is -2.15. The molecule has 110 valence electrons. The second kappa shape index (κ2) is 6.50. The molecule has 0 aliphatic carbocycles. The van der Waals surface area contributed by atoms with E-state index >= 15 is 0 Å². The van der Waals surface area contributed by atoms with Gasteiger partial charge in [0.05, 0.1) is 18.1 Å². The second-order valence-corrected chi connectivity index (χ2v) is 5.73. The number of thioether (sulfide) groups is 1. The number of furan rings is 1. The normalized spacial score (nSPS) is 20.3. The van der Waals surface area contributed by atoms with E-state index in [-0.39, 0.29) is 23.3 Å². The predicted octanol–water partition coefficient (Wildman–Crippen LogP) is 1.61. The van der Waals surface area contributed by atoms with Crippen LogP contribution < -0.4 is 5.32 Å². The van der Waals surface area contributed by atoms with Crippen LogP contribution in [-0.4, -0.2) is 28.5 Å². The first kappa shape index (κ1) is 15.2. The molecule has 1 N–H and O–H groups in total. The summed E-state index contributed by atoms with van der Waals surface area (Å²) in [5, 5.41) is 12.0. The molecule has 0 bridgehead atoms. The summed E-state index contributed by atoms with van der Waals surface area (Å²) in [6.07, 6.45) is 1.51. The molecule has 0 saturated carbocycles. The van der Waals surface area contributed by atoms with Gasteiger partial charge >= 0.3 is 0 Å². The molecule has 7 heteroatoms. The van der Waals surface area contributed by atoms with Crippen LogP contribution in [-0.2, 0) is 16.1 Å². The summed E-state index contributed by atoms with van der Waals surface area (Å²) in [5.74, 6) is 0.0161. The van der Waals surface area contributed by atoms with Crippen LogP contribution in [0.4, 0.5) is 0 Å². The number of hydrogen-bond donors (Lipinski definition) is 1. The third-order valence-electron chi connectivity index (χ3n) is 3.02. The zero-order valence-corrected chi connectivity index (χ0v) is 12.6. The van der Waals surface area contributed by atoms with Crippen LogP contribution in [0.2, 0.25) is 0 Å². The molecule has 2 heterocycles. The van der Waals surface area contributed by atoms with Crippen LogP contribution >= 0.6 is 11.8 Å². The third kappa shape index (κ3) is 3.11. The van der Waals surface area contributed by atoms with Crippen LogP contribution in [0.15, 0.2) is 33.4 Å². The van der Waals surface area contributed by atoms with Crippen molar-refractivity contribution >= 4 is 23.6 Å². The van der Waals surface area contributed by atoms with E-state index in [1.54, 1.807) is 19.1 Å². The zero-order chi connectivity index (χ0) is 15.4. The SMILES string of the molecule is CCN1C(=O)C(C)SC1=C(C#N)C(=O)NCc1ccco1. The Morgan fingerprint density at radius 3 is 2.95 bits per heavy atom. The molecule has 1 saturated heterocycles. The van der Waals surface area contributed by atoms with Crippen molar-refractivity contribution in [2.45, 2.75) is 25.6 Å². The van der Waals surface area contributed by atoms with Gasteiger partial charge < -0.3 is 14.6 Å². The van der Waals surface area contributed by atoms with E-state index in [2.05, 4.69) is 5.32 Å². The number of carbonyl (C=O) groups is 2. The first-order valence-electron chi connectivity index (χ1n) is 6.51. The van der Waals surface area contributed by atoms with Gasteiger partial charge in [-0.3, -0.25) is 9.59 Å². The molecule has 1 atom stereocenters. The molecule has 1 aromatic heterocycles. The van der Waals surface area contributed by atoms with Gasteiger partial charge in [0.25, 0.3) is 5.91 Å². The Hall–Kier alpha value is -2.20. The van der Waals surface area contributed by atoms with Crippen molar-refractivity contribution in [1.29, 1.82) is 5.26 Å². The molecule has 2 rings (SSSR count). The molecule has 0 aromatic carbocycles. The summed E-state index contributed by atoms with van der Waals surface area (Å²) in [7, 11) is 0. The highest BCUT2D eigenvalue weighted by molar-refractivity contribution is 8.04. The van der Waals surface area contributed by atoms with Crippen LogP contribution in [0.5, 0.6) is 0 Å². The Morgan fingerprint density at radius 1 is 1.62 bits per heavy atom. The van der Waals surface area contributed by atoms with E-state index in [4.69, 9.17) is 4.42 Å².